The SMILES string of the molecule is CCCC1CCC(C2CCC(OC(=O)CC#N)CC2)CC1. The van der Waals surface area contributed by atoms with Gasteiger partial charge < -0.3 is 4.74 Å². The number of ether oxygens (including phenoxy) is 1. The maximum absolute atomic E-state index is 11.3. The topological polar surface area (TPSA) is 50.1 Å². The standard InChI is InChI=1S/C18H29NO2/c1-2-3-14-4-6-15(7-5-14)16-8-10-17(11-9-16)21-18(20)12-13-19/h14-17H,2-12H2,1H3. The zero-order chi connectivity index (χ0) is 15.1. The van der Waals surface area contributed by atoms with E-state index in [-0.39, 0.29) is 18.5 Å². The molecule has 0 aromatic rings. The number of nitriles is 1. The quantitative estimate of drug-likeness (QED) is 0.695. The van der Waals surface area contributed by atoms with Crippen molar-refractivity contribution in [3.8, 4) is 6.07 Å². The first kappa shape index (κ1) is 16.3. The first-order valence-electron chi connectivity index (χ1n) is 8.79. The van der Waals surface area contributed by atoms with Crippen LogP contribution in [0.2, 0.25) is 0 Å². The Bertz CT molecular complexity index is 358. The minimum atomic E-state index is -0.346. The molecule has 0 N–H and O–H groups in total. The molecule has 0 aliphatic heterocycles. The number of rotatable bonds is 5. The molecule has 2 aliphatic carbocycles. The molecule has 2 saturated carbocycles. The lowest BCUT2D eigenvalue weighted by atomic mass is 9.70. The Balaban J connectivity index is 1.67. The van der Waals surface area contributed by atoms with Gasteiger partial charge in [-0.2, -0.15) is 5.26 Å². The number of hydrogen-bond acceptors (Lipinski definition) is 3. The Hall–Kier alpha value is -1.04. The van der Waals surface area contributed by atoms with Gasteiger partial charge in [-0.3, -0.25) is 4.79 Å². The predicted octanol–water partition coefficient (Wildman–Crippen LogP) is 4.61. The molecule has 0 aromatic carbocycles. The van der Waals surface area contributed by atoms with Crippen molar-refractivity contribution in [3.05, 3.63) is 0 Å². The first-order valence-corrected chi connectivity index (χ1v) is 8.79. The van der Waals surface area contributed by atoms with E-state index in [0.29, 0.717) is 0 Å². The number of hydrogen-bond donors (Lipinski definition) is 0. The smallest absolute Gasteiger partial charge is 0.320 e. The van der Waals surface area contributed by atoms with Gasteiger partial charge in [0.15, 0.2) is 0 Å². The van der Waals surface area contributed by atoms with Crippen LogP contribution in [-0.2, 0) is 9.53 Å². The van der Waals surface area contributed by atoms with Gasteiger partial charge >= 0.3 is 5.97 Å². The van der Waals surface area contributed by atoms with Crippen molar-refractivity contribution in [2.45, 2.75) is 83.7 Å². The Kier molecular flexibility index (Phi) is 6.54. The predicted molar refractivity (Wildman–Crippen MR) is 82.4 cm³/mol. The normalized spacial score (nSPS) is 33.1. The van der Waals surface area contributed by atoms with Gasteiger partial charge in [-0.1, -0.05) is 32.6 Å². The third kappa shape index (κ3) is 5.02. The van der Waals surface area contributed by atoms with Crippen LogP contribution in [0.5, 0.6) is 0 Å². The van der Waals surface area contributed by atoms with Crippen LogP contribution < -0.4 is 0 Å². The Morgan fingerprint density at radius 3 is 2.14 bits per heavy atom. The average molecular weight is 291 g/mol. The van der Waals surface area contributed by atoms with Crippen molar-refractivity contribution < 1.29 is 9.53 Å². The summed E-state index contributed by atoms with van der Waals surface area (Å²) >= 11 is 0. The summed E-state index contributed by atoms with van der Waals surface area (Å²) in [6.45, 7) is 2.29. The minimum Gasteiger partial charge on any atom is -0.462 e. The number of nitrogens with zero attached hydrogens (tertiary/aromatic N) is 1. The van der Waals surface area contributed by atoms with Crippen LogP contribution in [0.4, 0.5) is 0 Å². The molecule has 0 aromatic heterocycles. The Labute approximate surface area is 129 Å². The van der Waals surface area contributed by atoms with E-state index in [1.54, 1.807) is 0 Å². The molecular weight excluding hydrogens is 262 g/mol. The molecule has 2 aliphatic rings. The van der Waals surface area contributed by atoms with Crippen molar-refractivity contribution in [3.63, 3.8) is 0 Å². The largest absolute Gasteiger partial charge is 0.462 e. The molecule has 3 heteroatoms. The number of carbonyl (C=O) groups excluding carboxylic acids is 1. The maximum Gasteiger partial charge on any atom is 0.320 e. The maximum atomic E-state index is 11.3. The van der Waals surface area contributed by atoms with Crippen molar-refractivity contribution >= 4 is 5.97 Å². The molecule has 0 unspecified atom stereocenters. The lowest BCUT2D eigenvalue weighted by molar-refractivity contribution is -0.150. The molecule has 0 heterocycles. The van der Waals surface area contributed by atoms with Gasteiger partial charge in [0.2, 0.25) is 0 Å². The van der Waals surface area contributed by atoms with E-state index in [2.05, 4.69) is 6.92 Å². The average Bonchev–Trinajstić information content (AvgIpc) is 2.49. The highest BCUT2D eigenvalue weighted by Crippen LogP contribution is 2.41. The van der Waals surface area contributed by atoms with Crippen molar-refractivity contribution in [2.24, 2.45) is 17.8 Å². The molecule has 2 fully saturated rings. The zero-order valence-electron chi connectivity index (χ0n) is 13.4. The van der Waals surface area contributed by atoms with Gasteiger partial charge in [-0.25, -0.2) is 0 Å². The van der Waals surface area contributed by atoms with Crippen LogP contribution in [0.15, 0.2) is 0 Å². The van der Waals surface area contributed by atoms with E-state index in [1.807, 2.05) is 6.07 Å². The summed E-state index contributed by atoms with van der Waals surface area (Å²) in [5, 5.41) is 8.49. The molecule has 0 amide bonds. The van der Waals surface area contributed by atoms with Crippen LogP contribution in [0, 0.1) is 29.1 Å². The van der Waals surface area contributed by atoms with E-state index in [4.69, 9.17) is 10.00 Å². The molecule has 21 heavy (non-hydrogen) atoms. The highest BCUT2D eigenvalue weighted by atomic mass is 16.5. The number of esters is 1. The summed E-state index contributed by atoms with van der Waals surface area (Å²) in [7, 11) is 0. The lowest BCUT2D eigenvalue weighted by Gasteiger charge is -2.37. The summed E-state index contributed by atoms with van der Waals surface area (Å²) in [4.78, 5) is 11.3. The third-order valence-electron chi connectivity index (χ3n) is 5.50. The minimum absolute atomic E-state index is 0.0681. The zero-order valence-corrected chi connectivity index (χ0v) is 13.4. The second kappa shape index (κ2) is 8.41. The van der Waals surface area contributed by atoms with Crippen molar-refractivity contribution in [1.29, 1.82) is 5.26 Å². The Morgan fingerprint density at radius 1 is 1.05 bits per heavy atom. The molecule has 0 atom stereocenters. The van der Waals surface area contributed by atoms with Gasteiger partial charge in [0.25, 0.3) is 0 Å². The molecule has 3 nitrogen and oxygen atoms in total. The van der Waals surface area contributed by atoms with E-state index in [9.17, 15) is 4.79 Å². The summed E-state index contributed by atoms with van der Waals surface area (Å²) in [5.74, 6) is 2.39. The highest BCUT2D eigenvalue weighted by Gasteiger charge is 2.31. The molecule has 0 radical (unpaired) electrons. The van der Waals surface area contributed by atoms with E-state index in [1.165, 1.54) is 51.4 Å². The highest BCUT2D eigenvalue weighted by molar-refractivity contribution is 5.71. The molecule has 0 spiro atoms. The van der Waals surface area contributed by atoms with Gasteiger partial charge in [0, 0.05) is 0 Å². The fraction of sp³-hybridized carbons (Fsp3) is 0.889. The lowest BCUT2D eigenvalue weighted by Crippen LogP contribution is -2.29. The molecule has 0 bridgehead atoms. The summed E-state index contributed by atoms with van der Waals surface area (Å²) in [6, 6.07) is 1.86. The monoisotopic (exact) mass is 291 g/mol. The molecule has 0 saturated heterocycles. The van der Waals surface area contributed by atoms with Gasteiger partial charge in [0.05, 0.1) is 6.07 Å². The van der Waals surface area contributed by atoms with E-state index >= 15 is 0 Å². The third-order valence-corrected chi connectivity index (χ3v) is 5.50. The summed E-state index contributed by atoms with van der Waals surface area (Å²) in [5.41, 5.74) is 0. The van der Waals surface area contributed by atoms with Crippen LogP contribution in [0.1, 0.15) is 77.6 Å². The fourth-order valence-corrected chi connectivity index (χ4v) is 4.33. The van der Waals surface area contributed by atoms with Gasteiger partial charge in [0.1, 0.15) is 12.5 Å². The molecule has 2 rings (SSSR count). The van der Waals surface area contributed by atoms with E-state index < -0.39 is 0 Å². The van der Waals surface area contributed by atoms with Gasteiger partial charge in [-0.05, 0) is 56.3 Å². The van der Waals surface area contributed by atoms with E-state index in [0.717, 1.165) is 30.6 Å². The number of carbonyl (C=O) groups is 1. The van der Waals surface area contributed by atoms with Crippen LogP contribution in [0.3, 0.4) is 0 Å². The second-order valence-electron chi connectivity index (χ2n) is 6.93. The molecular formula is C18H29NO2. The van der Waals surface area contributed by atoms with Gasteiger partial charge in [-0.15, -0.1) is 0 Å². The van der Waals surface area contributed by atoms with Crippen LogP contribution in [-0.4, -0.2) is 12.1 Å². The van der Waals surface area contributed by atoms with Crippen molar-refractivity contribution in [2.75, 3.05) is 0 Å². The Morgan fingerprint density at radius 2 is 1.62 bits per heavy atom. The first-order chi connectivity index (χ1) is 10.2. The van der Waals surface area contributed by atoms with Crippen molar-refractivity contribution in [1.82, 2.24) is 0 Å². The van der Waals surface area contributed by atoms with Crippen LogP contribution >= 0.6 is 0 Å². The molecule has 118 valence electrons. The van der Waals surface area contributed by atoms with Crippen LogP contribution in [0.25, 0.3) is 0 Å². The summed E-state index contributed by atoms with van der Waals surface area (Å²) < 4.78 is 5.35. The summed E-state index contributed by atoms with van der Waals surface area (Å²) in [6.07, 6.45) is 12.8. The second-order valence-corrected chi connectivity index (χ2v) is 6.93. The fourth-order valence-electron chi connectivity index (χ4n) is 4.33.